The van der Waals surface area contributed by atoms with Gasteiger partial charge in [-0.2, -0.15) is 0 Å². The van der Waals surface area contributed by atoms with E-state index in [0.29, 0.717) is 0 Å². The molecule has 0 N–H and O–H groups in total. The molecule has 6 aromatic rings. The zero-order chi connectivity index (χ0) is 16.4. The smallest absolute Gasteiger partial charge is 0.144 e. The Morgan fingerprint density at radius 1 is 0.640 bits per heavy atom. The lowest BCUT2D eigenvalue weighted by Crippen LogP contribution is -1.73. The van der Waals surface area contributed by atoms with Gasteiger partial charge in [-0.15, -0.1) is 22.7 Å². The zero-order valence-corrected chi connectivity index (χ0v) is 14.8. The van der Waals surface area contributed by atoms with E-state index in [2.05, 4.69) is 60.7 Å². The van der Waals surface area contributed by atoms with Crippen LogP contribution >= 0.6 is 22.7 Å². The van der Waals surface area contributed by atoms with E-state index in [1.54, 1.807) is 0 Å². The summed E-state index contributed by atoms with van der Waals surface area (Å²) in [6.07, 6.45) is 0. The van der Waals surface area contributed by atoms with E-state index < -0.39 is 0 Å². The summed E-state index contributed by atoms with van der Waals surface area (Å²) in [4.78, 5) is 1.27. The molecule has 0 radical (unpaired) electrons. The average Bonchev–Trinajstić information content (AvgIpc) is 3.31. The summed E-state index contributed by atoms with van der Waals surface area (Å²) in [7, 11) is 0. The Bertz CT molecular complexity index is 1400. The molecule has 0 fully saturated rings. The minimum atomic E-state index is 0.953. The van der Waals surface area contributed by atoms with Crippen molar-refractivity contribution in [1.29, 1.82) is 0 Å². The Morgan fingerprint density at radius 3 is 2.40 bits per heavy atom. The summed E-state index contributed by atoms with van der Waals surface area (Å²) in [5, 5.41) is 3.73. The summed E-state index contributed by atoms with van der Waals surface area (Å²) in [5.74, 6) is 0. The first-order chi connectivity index (χ1) is 12.4. The molecule has 25 heavy (non-hydrogen) atoms. The van der Waals surface area contributed by atoms with Crippen molar-refractivity contribution < 1.29 is 4.42 Å². The first-order valence-electron chi connectivity index (χ1n) is 8.20. The van der Waals surface area contributed by atoms with Crippen molar-refractivity contribution in [3.8, 4) is 10.4 Å². The van der Waals surface area contributed by atoms with Gasteiger partial charge in [-0.05, 0) is 24.3 Å². The first kappa shape index (κ1) is 13.6. The highest BCUT2D eigenvalue weighted by atomic mass is 32.1. The van der Waals surface area contributed by atoms with Gasteiger partial charge < -0.3 is 4.42 Å². The molecule has 0 saturated heterocycles. The molecule has 3 heterocycles. The Balaban J connectivity index is 1.67. The van der Waals surface area contributed by atoms with E-state index in [4.69, 9.17) is 4.42 Å². The predicted octanol–water partition coefficient (Wildman–Crippen LogP) is 7.68. The largest absolute Gasteiger partial charge is 0.455 e. The van der Waals surface area contributed by atoms with Crippen LogP contribution in [-0.4, -0.2) is 0 Å². The van der Waals surface area contributed by atoms with Crippen molar-refractivity contribution in [3.63, 3.8) is 0 Å². The molecule has 3 aromatic heterocycles. The van der Waals surface area contributed by atoms with Gasteiger partial charge in [0, 0.05) is 36.0 Å². The Kier molecular flexibility index (Phi) is 2.70. The topological polar surface area (TPSA) is 13.1 Å². The molecule has 0 bridgehead atoms. The summed E-state index contributed by atoms with van der Waals surface area (Å²) in [5.41, 5.74) is 3.13. The summed E-state index contributed by atoms with van der Waals surface area (Å²) in [6, 6.07) is 25.7. The van der Waals surface area contributed by atoms with Gasteiger partial charge in [0.1, 0.15) is 11.2 Å². The molecule has 0 aliphatic carbocycles. The fourth-order valence-corrected chi connectivity index (χ4v) is 6.12. The number of para-hydroxylation sites is 2. The van der Waals surface area contributed by atoms with Crippen molar-refractivity contribution in [3.05, 3.63) is 72.8 Å². The fourth-order valence-electron chi connectivity index (χ4n) is 3.57. The highest BCUT2D eigenvalue weighted by molar-refractivity contribution is 7.34. The number of furan rings is 1. The quantitative estimate of drug-likeness (QED) is 0.294. The second-order valence-corrected chi connectivity index (χ2v) is 8.32. The number of fused-ring (bicyclic) bond motifs is 6. The van der Waals surface area contributed by atoms with E-state index in [1.165, 1.54) is 40.7 Å². The van der Waals surface area contributed by atoms with E-state index in [1.807, 2.05) is 34.8 Å². The first-order valence-corrected chi connectivity index (χ1v) is 9.83. The molecule has 0 aliphatic heterocycles. The van der Waals surface area contributed by atoms with Crippen LogP contribution in [-0.2, 0) is 0 Å². The van der Waals surface area contributed by atoms with Crippen LogP contribution in [0.3, 0.4) is 0 Å². The Labute approximate surface area is 151 Å². The van der Waals surface area contributed by atoms with Gasteiger partial charge >= 0.3 is 0 Å². The van der Waals surface area contributed by atoms with Crippen LogP contribution in [0.4, 0.5) is 0 Å². The van der Waals surface area contributed by atoms with Gasteiger partial charge in [0.05, 0.1) is 4.70 Å². The molecule has 118 valence electrons. The fraction of sp³-hybridized carbons (Fsp3) is 0. The number of hydrogen-bond acceptors (Lipinski definition) is 3. The Hall–Kier alpha value is -2.62. The van der Waals surface area contributed by atoms with Crippen molar-refractivity contribution >= 4 is 64.1 Å². The zero-order valence-electron chi connectivity index (χ0n) is 13.2. The number of thiophene rings is 2. The third-order valence-electron chi connectivity index (χ3n) is 4.72. The van der Waals surface area contributed by atoms with Gasteiger partial charge in [-0.25, -0.2) is 0 Å². The SMILES string of the molecule is c1ccc2c(c1)oc1c(-c3cc4sc5ccccc5c4s3)cccc12. The lowest BCUT2D eigenvalue weighted by Gasteiger charge is -1.98. The lowest BCUT2D eigenvalue weighted by molar-refractivity contribution is 0.670. The normalized spacial score (nSPS) is 12.0. The molecule has 0 aliphatic rings. The third kappa shape index (κ3) is 1.88. The van der Waals surface area contributed by atoms with Gasteiger partial charge in [-0.3, -0.25) is 0 Å². The lowest BCUT2D eigenvalue weighted by atomic mass is 10.1. The van der Waals surface area contributed by atoms with E-state index in [0.717, 1.165) is 11.2 Å². The van der Waals surface area contributed by atoms with Crippen LogP contribution in [0.25, 0.3) is 51.9 Å². The van der Waals surface area contributed by atoms with E-state index >= 15 is 0 Å². The molecule has 3 heteroatoms. The number of rotatable bonds is 1. The molecule has 3 aromatic carbocycles. The molecular formula is C22H12OS2. The monoisotopic (exact) mass is 356 g/mol. The second kappa shape index (κ2) is 4.94. The second-order valence-electron chi connectivity index (χ2n) is 6.18. The van der Waals surface area contributed by atoms with Crippen molar-refractivity contribution in [2.24, 2.45) is 0 Å². The molecule has 0 saturated carbocycles. The predicted molar refractivity (Wildman–Crippen MR) is 110 cm³/mol. The van der Waals surface area contributed by atoms with Crippen LogP contribution in [0.15, 0.2) is 77.2 Å². The molecule has 6 rings (SSSR count). The van der Waals surface area contributed by atoms with E-state index in [-0.39, 0.29) is 0 Å². The Morgan fingerprint density at radius 2 is 1.44 bits per heavy atom. The molecule has 0 amide bonds. The van der Waals surface area contributed by atoms with Crippen molar-refractivity contribution in [2.75, 3.05) is 0 Å². The third-order valence-corrected chi connectivity index (χ3v) is 7.17. The van der Waals surface area contributed by atoms with Gasteiger partial charge in [0.25, 0.3) is 0 Å². The van der Waals surface area contributed by atoms with Crippen LogP contribution in [0.1, 0.15) is 0 Å². The standard InChI is InChI=1S/C22H12OS2/c1-3-10-17-13(6-1)14-8-5-9-15(21(14)23-17)19-12-20-22(25-19)16-7-2-4-11-18(16)24-20/h1-12H. The van der Waals surface area contributed by atoms with Gasteiger partial charge in [0.15, 0.2) is 0 Å². The average molecular weight is 356 g/mol. The maximum Gasteiger partial charge on any atom is 0.144 e. The van der Waals surface area contributed by atoms with Crippen LogP contribution < -0.4 is 0 Å². The van der Waals surface area contributed by atoms with E-state index in [9.17, 15) is 0 Å². The maximum atomic E-state index is 6.21. The van der Waals surface area contributed by atoms with Gasteiger partial charge in [-0.1, -0.05) is 48.5 Å². The van der Waals surface area contributed by atoms with Gasteiger partial charge in [0.2, 0.25) is 0 Å². The van der Waals surface area contributed by atoms with Crippen LogP contribution in [0, 0.1) is 0 Å². The molecular weight excluding hydrogens is 344 g/mol. The van der Waals surface area contributed by atoms with Crippen molar-refractivity contribution in [1.82, 2.24) is 0 Å². The number of hydrogen-bond donors (Lipinski definition) is 0. The number of benzene rings is 3. The van der Waals surface area contributed by atoms with Crippen LogP contribution in [0.5, 0.6) is 0 Å². The minimum Gasteiger partial charge on any atom is -0.455 e. The molecule has 0 atom stereocenters. The molecule has 0 spiro atoms. The van der Waals surface area contributed by atoms with Crippen molar-refractivity contribution in [2.45, 2.75) is 0 Å². The minimum absolute atomic E-state index is 0.953. The highest BCUT2D eigenvalue weighted by Gasteiger charge is 2.15. The summed E-state index contributed by atoms with van der Waals surface area (Å²) < 4.78 is 10.3. The summed E-state index contributed by atoms with van der Waals surface area (Å²) >= 11 is 3.73. The molecule has 0 unspecified atom stereocenters. The summed E-state index contributed by atoms with van der Waals surface area (Å²) in [6.45, 7) is 0. The van der Waals surface area contributed by atoms with Crippen LogP contribution in [0.2, 0.25) is 0 Å². The maximum absolute atomic E-state index is 6.21. The highest BCUT2D eigenvalue weighted by Crippen LogP contribution is 2.45. The molecule has 1 nitrogen and oxygen atoms in total.